The first kappa shape index (κ1) is 14.5. The van der Waals surface area contributed by atoms with Crippen LogP contribution in [-0.2, 0) is 6.42 Å². The van der Waals surface area contributed by atoms with Gasteiger partial charge in [0.2, 0.25) is 5.13 Å². The summed E-state index contributed by atoms with van der Waals surface area (Å²) in [6, 6.07) is 3.38. The van der Waals surface area contributed by atoms with Crippen molar-refractivity contribution in [2.24, 2.45) is 0 Å². The fourth-order valence-electron chi connectivity index (χ4n) is 1.83. The summed E-state index contributed by atoms with van der Waals surface area (Å²) in [5.74, 6) is -0.319. The highest BCUT2D eigenvalue weighted by Gasteiger charge is 2.14. The summed E-state index contributed by atoms with van der Waals surface area (Å²) in [6.45, 7) is 0.890. The standard InChI is InChI=1S/C13H15N7OS/c1-19(2)7-4-11-16-17-13(22-11)15-12(21)9-8-10-14-5-3-6-20(10)18-9/h3,5-6,8H,4,7H2,1-2H3,(H,15,17,21). The highest BCUT2D eigenvalue weighted by atomic mass is 32.1. The maximum atomic E-state index is 12.2. The molecule has 0 saturated carbocycles. The molecule has 0 aliphatic carbocycles. The van der Waals surface area contributed by atoms with Gasteiger partial charge in [0.25, 0.3) is 5.91 Å². The second-order valence-electron chi connectivity index (χ2n) is 4.96. The van der Waals surface area contributed by atoms with Gasteiger partial charge in [-0.25, -0.2) is 9.50 Å². The molecule has 1 N–H and O–H groups in total. The molecule has 3 aromatic heterocycles. The Morgan fingerprint density at radius 3 is 3.05 bits per heavy atom. The Morgan fingerprint density at radius 1 is 1.41 bits per heavy atom. The van der Waals surface area contributed by atoms with E-state index in [4.69, 9.17) is 0 Å². The molecule has 0 aliphatic rings. The maximum absolute atomic E-state index is 12.2. The third-order valence-electron chi connectivity index (χ3n) is 2.93. The zero-order valence-electron chi connectivity index (χ0n) is 12.2. The lowest BCUT2D eigenvalue weighted by Gasteiger charge is -2.05. The van der Waals surface area contributed by atoms with Crippen molar-refractivity contribution < 1.29 is 4.79 Å². The molecule has 0 aliphatic heterocycles. The van der Waals surface area contributed by atoms with Crippen LogP contribution >= 0.6 is 11.3 Å². The molecule has 0 fully saturated rings. The van der Waals surface area contributed by atoms with Gasteiger partial charge in [0, 0.05) is 31.4 Å². The van der Waals surface area contributed by atoms with Gasteiger partial charge >= 0.3 is 0 Å². The van der Waals surface area contributed by atoms with Gasteiger partial charge in [-0.3, -0.25) is 10.1 Å². The van der Waals surface area contributed by atoms with E-state index in [1.165, 1.54) is 11.3 Å². The largest absolute Gasteiger partial charge is 0.309 e. The molecule has 0 bridgehead atoms. The molecule has 1 amide bonds. The number of nitrogens with zero attached hydrogens (tertiary/aromatic N) is 6. The van der Waals surface area contributed by atoms with Crippen LogP contribution in [0.3, 0.4) is 0 Å². The van der Waals surface area contributed by atoms with Gasteiger partial charge in [-0.2, -0.15) is 5.10 Å². The topological polar surface area (TPSA) is 88.3 Å². The summed E-state index contributed by atoms with van der Waals surface area (Å²) in [6.07, 6.45) is 4.20. The lowest BCUT2D eigenvalue weighted by molar-refractivity contribution is 0.102. The monoisotopic (exact) mass is 317 g/mol. The summed E-state index contributed by atoms with van der Waals surface area (Å²) in [7, 11) is 4.00. The second kappa shape index (κ2) is 6.16. The van der Waals surface area contributed by atoms with Gasteiger partial charge in [0.1, 0.15) is 5.01 Å². The van der Waals surface area contributed by atoms with Gasteiger partial charge < -0.3 is 4.90 Å². The van der Waals surface area contributed by atoms with Gasteiger partial charge in [-0.05, 0) is 20.2 Å². The fourth-order valence-corrected chi connectivity index (χ4v) is 2.55. The van der Waals surface area contributed by atoms with E-state index in [2.05, 4.69) is 30.5 Å². The normalized spacial score (nSPS) is 11.2. The summed E-state index contributed by atoms with van der Waals surface area (Å²) < 4.78 is 1.55. The van der Waals surface area contributed by atoms with E-state index in [0.29, 0.717) is 16.5 Å². The minimum atomic E-state index is -0.319. The molecule has 3 aromatic rings. The van der Waals surface area contributed by atoms with Crippen molar-refractivity contribution in [1.29, 1.82) is 0 Å². The van der Waals surface area contributed by atoms with E-state index < -0.39 is 0 Å². The molecule has 0 saturated heterocycles. The lowest BCUT2D eigenvalue weighted by Crippen LogP contribution is -2.14. The van der Waals surface area contributed by atoms with Crippen molar-refractivity contribution in [3.8, 4) is 0 Å². The third-order valence-corrected chi connectivity index (χ3v) is 3.83. The predicted octanol–water partition coefficient (Wildman–Crippen LogP) is 0.937. The highest BCUT2D eigenvalue weighted by Crippen LogP contribution is 2.16. The van der Waals surface area contributed by atoms with Crippen LogP contribution in [0.25, 0.3) is 5.65 Å². The number of likely N-dealkylation sites (N-methyl/N-ethyl adjacent to an activating group) is 1. The first-order valence-electron chi connectivity index (χ1n) is 6.71. The van der Waals surface area contributed by atoms with Crippen molar-refractivity contribution in [2.75, 3.05) is 26.0 Å². The van der Waals surface area contributed by atoms with Gasteiger partial charge in [-0.1, -0.05) is 11.3 Å². The number of anilines is 1. The Bertz CT molecular complexity index is 761. The number of nitrogens with one attached hydrogen (secondary N) is 1. The van der Waals surface area contributed by atoms with Crippen LogP contribution in [-0.4, -0.2) is 56.2 Å². The van der Waals surface area contributed by atoms with Crippen molar-refractivity contribution in [1.82, 2.24) is 29.7 Å². The molecular formula is C13H15N7OS. The number of amides is 1. The molecule has 9 heteroatoms. The molecule has 0 aromatic carbocycles. The molecule has 3 rings (SSSR count). The van der Waals surface area contributed by atoms with Crippen LogP contribution in [0.5, 0.6) is 0 Å². The third kappa shape index (κ3) is 3.26. The zero-order chi connectivity index (χ0) is 15.5. The molecule has 0 radical (unpaired) electrons. The highest BCUT2D eigenvalue weighted by molar-refractivity contribution is 7.15. The molecule has 0 unspecified atom stereocenters. The number of rotatable bonds is 5. The van der Waals surface area contributed by atoms with E-state index in [-0.39, 0.29) is 5.91 Å². The molecule has 22 heavy (non-hydrogen) atoms. The van der Waals surface area contributed by atoms with Crippen molar-refractivity contribution in [3.63, 3.8) is 0 Å². The van der Waals surface area contributed by atoms with E-state index in [0.717, 1.165) is 18.0 Å². The van der Waals surface area contributed by atoms with Crippen LogP contribution < -0.4 is 5.32 Å². The number of carbonyl (C=O) groups is 1. The van der Waals surface area contributed by atoms with E-state index in [1.807, 2.05) is 14.1 Å². The van der Waals surface area contributed by atoms with Crippen molar-refractivity contribution in [3.05, 3.63) is 35.2 Å². The first-order valence-corrected chi connectivity index (χ1v) is 7.52. The van der Waals surface area contributed by atoms with Gasteiger partial charge in [-0.15, -0.1) is 10.2 Å². The minimum absolute atomic E-state index is 0.295. The van der Waals surface area contributed by atoms with Crippen molar-refractivity contribution >= 4 is 28.0 Å². The SMILES string of the molecule is CN(C)CCc1nnc(NC(=O)c2cc3ncccn3n2)s1. The molecule has 3 heterocycles. The number of aromatic nitrogens is 5. The number of fused-ring (bicyclic) bond motifs is 1. The fraction of sp³-hybridized carbons (Fsp3) is 0.308. The molecule has 0 spiro atoms. The molecule has 0 atom stereocenters. The summed E-state index contributed by atoms with van der Waals surface area (Å²) in [5, 5.41) is 16.3. The van der Waals surface area contributed by atoms with Crippen LogP contribution in [0.4, 0.5) is 5.13 Å². The van der Waals surface area contributed by atoms with Gasteiger partial charge in [0.05, 0.1) is 0 Å². The van der Waals surface area contributed by atoms with E-state index in [9.17, 15) is 4.79 Å². The van der Waals surface area contributed by atoms with Crippen molar-refractivity contribution in [2.45, 2.75) is 6.42 Å². The van der Waals surface area contributed by atoms with Crippen LogP contribution in [0.1, 0.15) is 15.5 Å². The Kier molecular flexibility index (Phi) is 4.07. The summed E-state index contributed by atoms with van der Waals surface area (Å²) in [4.78, 5) is 18.4. The maximum Gasteiger partial charge on any atom is 0.278 e. The van der Waals surface area contributed by atoms with Crippen LogP contribution in [0.2, 0.25) is 0 Å². The Balaban J connectivity index is 1.68. The minimum Gasteiger partial charge on any atom is -0.309 e. The second-order valence-corrected chi connectivity index (χ2v) is 6.02. The van der Waals surface area contributed by atoms with Crippen LogP contribution in [0, 0.1) is 0 Å². The zero-order valence-corrected chi connectivity index (χ0v) is 13.0. The quantitative estimate of drug-likeness (QED) is 0.753. The lowest BCUT2D eigenvalue weighted by atomic mass is 10.4. The number of hydrogen-bond donors (Lipinski definition) is 1. The Hall–Kier alpha value is -2.39. The average Bonchev–Trinajstić information content (AvgIpc) is 3.11. The van der Waals surface area contributed by atoms with Crippen LogP contribution in [0.15, 0.2) is 24.5 Å². The van der Waals surface area contributed by atoms with E-state index >= 15 is 0 Å². The Labute approximate surface area is 130 Å². The number of hydrogen-bond acceptors (Lipinski definition) is 7. The molecular weight excluding hydrogens is 302 g/mol. The summed E-state index contributed by atoms with van der Waals surface area (Å²) >= 11 is 1.37. The molecule has 114 valence electrons. The Morgan fingerprint density at radius 2 is 2.27 bits per heavy atom. The number of carbonyl (C=O) groups excluding carboxylic acids is 1. The average molecular weight is 317 g/mol. The van der Waals surface area contributed by atoms with E-state index in [1.54, 1.807) is 29.0 Å². The van der Waals surface area contributed by atoms with Gasteiger partial charge in [0.15, 0.2) is 11.3 Å². The predicted molar refractivity (Wildman–Crippen MR) is 83.1 cm³/mol. The first-order chi connectivity index (χ1) is 10.6. The molecule has 8 nitrogen and oxygen atoms in total. The smallest absolute Gasteiger partial charge is 0.278 e. The summed E-state index contributed by atoms with van der Waals surface area (Å²) in [5.41, 5.74) is 0.917.